The molecule has 4 rings (SSSR count). The van der Waals surface area contributed by atoms with Crippen LogP contribution >= 0.6 is 11.6 Å². The van der Waals surface area contributed by atoms with Gasteiger partial charge >= 0.3 is 0 Å². The fourth-order valence-electron chi connectivity index (χ4n) is 3.96. The third-order valence-electron chi connectivity index (χ3n) is 6.22. The first-order valence-electron chi connectivity index (χ1n) is 11.9. The molecule has 0 aliphatic rings. The molecule has 1 heterocycles. The van der Waals surface area contributed by atoms with Crippen molar-refractivity contribution < 1.29 is 9.90 Å². The summed E-state index contributed by atoms with van der Waals surface area (Å²) in [5.74, 6) is 0.112. The van der Waals surface area contributed by atoms with E-state index >= 15 is 0 Å². The van der Waals surface area contributed by atoms with Crippen LogP contribution in [0.1, 0.15) is 34.5 Å². The van der Waals surface area contributed by atoms with E-state index in [9.17, 15) is 9.90 Å². The van der Waals surface area contributed by atoms with Gasteiger partial charge in [-0.05, 0) is 30.5 Å². The Bertz CT molecular complexity index is 1300. The maximum atomic E-state index is 13.6. The summed E-state index contributed by atoms with van der Waals surface area (Å²) in [5, 5.41) is 14.6. The predicted octanol–water partition coefficient (Wildman–Crippen LogP) is 5.65. The highest BCUT2D eigenvalue weighted by Gasteiger charge is 2.28. The number of aliphatic hydroxyl groups excluding tert-OH is 1. The van der Waals surface area contributed by atoms with E-state index in [4.69, 9.17) is 11.6 Å². The topological polar surface area (TPSA) is 78.3 Å². The van der Waals surface area contributed by atoms with Gasteiger partial charge in [-0.25, -0.2) is 9.97 Å². The molecule has 0 aliphatic heterocycles. The first-order valence-corrected chi connectivity index (χ1v) is 12.2. The van der Waals surface area contributed by atoms with Crippen LogP contribution in [0.15, 0.2) is 91.1 Å². The standard InChI is InChI=1S/C29H29ClN4O2/c1-20(27(35)22-13-7-4-8-14-22)34(2)28(36)24-19-32-29(31-18-17-21-11-5-3-6-12-21)33-26(24)23-15-9-10-16-25(23)30/h3-16,19-20,27,35H,17-18H2,1-2H3,(H,31,32,33). The summed E-state index contributed by atoms with van der Waals surface area (Å²) >= 11 is 6.50. The molecule has 2 atom stereocenters. The maximum absolute atomic E-state index is 13.6. The summed E-state index contributed by atoms with van der Waals surface area (Å²) in [7, 11) is 1.67. The van der Waals surface area contributed by atoms with Crippen molar-refractivity contribution in [2.24, 2.45) is 0 Å². The number of amides is 1. The first-order chi connectivity index (χ1) is 17.5. The average Bonchev–Trinajstić information content (AvgIpc) is 2.93. The molecular formula is C29H29ClN4O2. The van der Waals surface area contributed by atoms with E-state index in [0.717, 1.165) is 12.0 Å². The molecule has 36 heavy (non-hydrogen) atoms. The highest BCUT2D eigenvalue weighted by Crippen LogP contribution is 2.31. The van der Waals surface area contributed by atoms with Gasteiger partial charge in [-0.2, -0.15) is 0 Å². The minimum atomic E-state index is -0.844. The Hall–Kier alpha value is -3.74. The molecule has 3 aromatic carbocycles. The molecule has 0 bridgehead atoms. The van der Waals surface area contributed by atoms with Crippen molar-refractivity contribution in [3.05, 3.63) is 113 Å². The Morgan fingerprint density at radius 1 is 1.00 bits per heavy atom. The van der Waals surface area contributed by atoms with Crippen molar-refractivity contribution in [1.29, 1.82) is 0 Å². The number of anilines is 1. The van der Waals surface area contributed by atoms with Gasteiger partial charge in [0.05, 0.1) is 23.4 Å². The summed E-state index contributed by atoms with van der Waals surface area (Å²) in [4.78, 5) is 24.2. The monoisotopic (exact) mass is 500 g/mol. The van der Waals surface area contributed by atoms with Gasteiger partial charge in [0.15, 0.2) is 0 Å². The van der Waals surface area contributed by atoms with E-state index in [1.807, 2.05) is 73.7 Å². The number of hydrogen-bond acceptors (Lipinski definition) is 5. The van der Waals surface area contributed by atoms with Crippen LogP contribution in [0.4, 0.5) is 5.95 Å². The van der Waals surface area contributed by atoms with Gasteiger partial charge in [0.25, 0.3) is 5.91 Å². The Balaban J connectivity index is 1.60. The average molecular weight is 501 g/mol. The molecule has 0 saturated heterocycles. The quantitative estimate of drug-likeness (QED) is 0.310. The molecule has 7 heteroatoms. The molecule has 0 saturated carbocycles. The Morgan fingerprint density at radius 3 is 2.33 bits per heavy atom. The highest BCUT2D eigenvalue weighted by molar-refractivity contribution is 6.33. The maximum Gasteiger partial charge on any atom is 0.257 e. The number of rotatable bonds is 9. The fourth-order valence-corrected chi connectivity index (χ4v) is 4.19. The highest BCUT2D eigenvalue weighted by atomic mass is 35.5. The van der Waals surface area contributed by atoms with E-state index in [2.05, 4.69) is 27.4 Å². The van der Waals surface area contributed by atoms with Crippen molar-refractivity contribution >= 4 is 23.5 Å². The van der Waals surface area contributed by atoms with E-state index in [1.165, 1.54) is 16.7 Å². The Labute approximate surface area is 216 Å². The lowest BCUT2D eigenvalue weighted by molar-refractivity contribution is 0.0487. The van der Waals surface area contributed by atoms with Gasteiger partial charge < -0.3 is 15.3 Å². The number of benzene rings is 3. The second-order valence-corrected chi connectivity index (χ2v) is 9.02. The molecule has 6 nitrogen and oxygen atoms in total. The van der Waals surface area contributed by atoms with Gasteiger partial charge in [-0.15, -0.1) is 0 Å². The van der Waals surface area contributed by atoms with Crippen LogP contribution in [0.25, 0.3) is 11.3 Å². The van der Waals surface area contributed by atoms with Gasteiger partial charge in [0.2, 0.25) is 5.95 Å². The van der Waals surface area contributed by atoms with E-state index in [1.54, 1.807) is 13.1 Å². The number of halogens is 1. The number of hydrogen-bond donors (Lipinski definition) is 2. The Kier molecular flexibility index (Phi) is 8.31. The summed E-state index contributed by atoms with van der Waals surface area (Å²) in [6, 6.07) is 26.2. The number of aliphatic hydroxyl groups is 1. The number of aromatic nitrogens is 2. The smallest absolute Gasteiger partial charge is 0.257 e. The molecular weight excluding hydrogens is 472 g/mol. The van der Waals surface area contributed by atoms with Crippen molar-refractivity contribution in [2.45, 2.75) is 25.5 Å². The minimum Gasteiger partial charge on any atom is -0.386 e. The summed E-state index contributed by atoms with van der Waals surface area (Å²) in [6.45, 7) is 2.45. The first kappa shape index (κ1) is 25.4. The lowest BCUT2D eigenvalue weighted by Crippen LogP contribution is -2.39. The number of nitrogens with one attached hydrogen (secondary N) is 1. The van der Waals surface area contributed by atoms with E-state index in [-0.39, 0.29) is 5.91 Å². The molecule has 0 fully saturated rings. The minimum absolute atomic E-state index is 0.303. The lowest BCUT2D eigenvalue weighted by atomic mass is 10.0. The van der Waals surface area contributed by atoms with Gasteiger partial charge in [0.1, 0.15) is 0 Å². The van der Waals surface area contributed by atoms with Gasteiger partial charge in [-0.3, -0.25) is 4.79 Å². The largest absolute Gasteiger partial charge is 0.386 e. The molecule has 0 aliphatic carbocycles. The zero-order valence-corrected chi connectivity index (χ0v) is 21.1. The molecule has 1 amide bonds. The Morgan fingerprint density at radius 2 is 1.64 bits per heavy atom. The van der Waals surface area contributed by atoms with Crippen LogP contribution in [0, 0.1) is 0 Å². The lowest BCUT2D eigenvalue weighted by Gasteiger charge is -2.29. The third kappa shape index (κ3) is 5.90. The molecule has 2 unspecified atom stereocenters. The number of likely N-dealkylation sites (N-methyl/N-ethyl adjacent to an activating group) is 1. The van der Waals surface area contributed by atoms with Gasteiger partial charge in [0, 0.05) is 30.4 Å². The zero-order chi connectivity index (χ0) is 25.5. The van der Waals surface area contributed by atoms with Crippen LogP contribution in [0.2, 0.25) is 5.02 Å². The van der Waals surface area contributed by atoms with Crippen LogP contribution in [-0.2, 0) is 6.42 Å². The van der Waals surface area contributed by atoms with Gasteiger partial charge in [-0.1, -0.05) is 90.5 Å². The molecule has 184 valence electrons. The van der Waals surface area contributed by atoms with E-state index < -0.39 is 12.1 Å². The van der Waals surface area contributed by atoms with E-state index in [0.29, 0.717) is 34.3 Å². The zero-order valence-electron chi connectivity index (χ0n) is 20.3. The predicted molar refractivity (Wildman–Crippen MR) is 144 cm³/mol. The molecule has 2 N–H and O–H groups in total. The second-order valence-electron chi connectivity index (χ2n) is 8.61. The normalized spacial score (nSPS) is 12.6. The SMILES string of the molecule is CC(C(O)c1ccccc1)N(C)C(=O)c1cnc(NCCc2ccccc2)nc1-c1ccccc1Cl. The fraction of sp³-hybridized carbons (Fsp3) is 0.207. The van der Waals surface area contributed by atoms with Crippen LogP contribution in [0.5, 0.6) is 0 Å². The van der Waals surface area contributed by atoms with Crippen molar-refractivity contribution in [1.82, 2.24) is 14.9 Å². The van der Waals surface area contributed by atoms with Crippen LogP contribution in [-0.4, -0.2) is 45.5 Å². The number of nitrogens with zero attached hydrogens (tertiary/aromatic N) is 3. The third-order valence-corrected chi connectivity index (χ3v) is 6.55. The molecule has 0 spiro atoms. The second kappa shape index (κ2) is 11.8. The van der Waals surface area contributed by atoms with Crippen molar-refractivity contribution in [3.63, 3.8) is 0 Å². The number of carbonyl (C=O) groups excluding carboxylic acids is 1. The van der Waals surface area contributed by atoms with Crippen molar-refractivity contribution in [3.8, 4) is 11.3 Å². The molecule has 4 aromatic rings. The summed E-state index contributed by atoms with van der Waals surface area (Å²) in [5.41, 5.74) is 3.34. The number of carbonyl (C=O) groups is 1. The van der Waals surface area contributed by atoms with Crippen LogP contribution < -0.4 is 5.32 Å². The summed E-state index contributed by atoms with van der Waals surface area (Å²) < 4.78 is 0. The molecule has 1 aromatic heterocycles. The van der Waals surface area contributed by atoms with Crippen molar-refractivity contribution in [2.75, 3.05) is 18.9 Å². The summed E-state index contributed by atoms with van der Waals surface area (Å²) in [6.07, 6.45) is 1.49. The van der Waals surface area contributed by atoms with Crippen LogP contribution in [0.3, 0.4) is 0 Å². The molecule has 0 radical (unpaired) electrons.